The molecule has 5 rings (SSSR count). The van der Waals surface area contributed by atoms with Gasteiger partial charge in [-0.15, -0.1) is 0 Å². The lowest BCUT2D eigenvalue weighted by molar-refractivity contribution is -0.931. The highest BCUT2D eigenvalue weighted by molar-refractivity contribution is 5.82. The Labute approximate surface area is 181 Å². The van der Waals surface area contributed by atoms with Crippen LogP contribution in [0, 0.1) is 0 Å². The van der Waals surface area contributed by atoms with Crippen molar-refractivity contribution in [3.05, 3.63) is 63.5 Å². The molecule has 2 aliphatic rings. The van der Waals surface area contributed by atoms with E-state index in [1.807, 2.05) is 19.1 Å². The molecule has 3 heterocycles. The van der Waals surface area contributed by atoms with Gasteiger partial charge in [0.2, 0.25) is 0 Å². The molecule has 1 aromatic heterocycles. The Morgan fingerprint density at radius 3 is 2.71 bits per heavy atom. The number of ether oxygens (including phenoxy) is 2. The van der Waals surface area contributed by atoms with Gasteiger partial charge < -0.3 is 23.9 Å². The first-order valence-corrected chi connectivity index (χ1v) is 11.1. The summed E-state index contributed by atoms with van der Waals surface area (Å²) in [5.74, 6) is 1.82. The molecule has 0 radical (unpaired) electrons. The van der Waals surface area contributed by atoms with Crippen LogP contribution < -0.4 is 20.0 Å². The second-order valence-electron chi connectivity index (χ2n) is 8.46. The Morgan fingerprint density at radius 1 is 1.03 bits per heavy atom. The normalized spacial score (nSPS) is 20.7. The Balaban J connectivity index is 1.48. The number of aryl methyl sites for hydroxylation is 1. The molecular formula is C25H28NO5+. The number of phenolic OH excluding ortho intramolecular Hbond substituents is 1. The van der Waals surface area contributed by atoms with Crippen molar-refractivity contribution in [3.63, 3.8) is 0 Å². The molecule has 0 aliphatic carbocycles. The second kappa shape index (κ2) is 8.27. The Bertz CT molecular complexity index is 1170. The first-order valence-electron chi connectivity index (χ1n) is 11.1. The van der Waals surface area contributed by atoms with Crippen molar-refractivity contribution in [1.82, 2.24) is 0 Å². The summed E-state index contributed by atoms with van der Waals surface area (Å²) in [4.78, 5) is 13.6. The average molecular weight is 423 g/mol. The summed E-state index contributed by atoms with van der Waals surface area (Å²) < 4.78 is 17.1. The molecule has 2 aliphatic heterocycles. The zero-order valence-electron chi connectivity index (χ0n) is 17.8. The van der Waals surface area contributed by atoms with Gasteiger partial charge in [0, 0.05) is 47.9 Å². The van der Waals surface area contributed by atoms with E-state index in [1.54, 1.807) is 12.1 Å². The summed E-state index contributed by atoms with van der Waals surface area (Å²) in [6.45, 7) is 5.14. The third kappa shape index (κ3) is 3.88. The molecule has 0 spiro atoms. The number of fused-ring (bicyclic) bond motifs is 2. The fraction of sp³-hybridized carbons (Fsp3) is 0.400. The Hall–Kier alpha value is -2.99. The molecule has 162 valence electrons. The van der Waals surface area contributed by atoms with Gasteiger partial charge in [0.05, 0.1) is 19.8 Å². The van der Waals surface area contributed by atoms with Gasteiger partial charge in [0.25, 0.3) is 0 Å². The van der Waals surface area contributed by atoms with Gasteiger partial charge >= 0.3 is 5.63 Å². The SMILES string of the molecule is CCc1cc2c(C[NH+]3CCC[C@H]3c3ccc4c(c3)OCCCO4)cc(=O)oc2cc1O. The van der Waals surface area contributed by atoms with Crippen molar-refractivity contribution >= 4 is 11.0 Å². The molecule has 6 nitrogen and oxygen atoms in total. The van der Waals surface area contributed by atoms with Crippen molar-refractivity contribution in [2.45, 2.75) is 45.2 Å². The minimum atomic E-state index is -0.378. The van der Waals surface area contributed by atoms with Crippen LogP contribution in [0.4, 0.5) is 0 Å². The maximum atomic E-state index is 12.2. The third-order valence-corrected chi connectivity index (χ3v) is 6.49. The molecular weight excluding hydrogens is 394 g/mol. The van der Waals surface area contributed by atoms with Crippen LogP contribution >= 0.6 is 0 Å². The van der Waals surface area contributed by atoms with Crippen molar-refractivity contribution in [1.29, 1.82) is 0 Å². The number of aromatic hydroxyl groups is 1. The van der Waals surface area contributed by atoms with Crippen LogP contribution in [-0.2, 0) is 13.0 Å². The summed E-state index contributed by atoms with van der Waals surface area (Å²) in [5.41, 5.74) is 3.14. The van der Waals surface area contributed by atoms with E-state index in [1.165, 1.54) is 10.5 Å². The molecule has 1 saturated heterocycles. The molecule has 1 unspecified atom stereocenters. The molecule has 2 N–H and O–H groups in total. The highest BCUT2D eigenvalue weighted by Crippen LogP contribution is 2.34. The standard InChI is InChI=1S/C25H27NO5/c1-2-16-11-19-18(13-25(28)31-23(19)14-21(16)27)15-26-8-3-5-20(26)17-6-7-22-24(12-17)30-10-4-9-29-22/h6-7,11-14,20,27H,2-5,8-10,15H2,1H3/p+1/t20-/m0/s1. The van der Waals surface area contributed by atoms with Crippen LogP contribution in [-0.4, -0.2) is 24.9 Å². The van der Waals surface area contributed by atoms with E-state index in [0.717, 1.165) is 66.8 Å². The van der Waals surface area contributed by atoms with Gasteiger partial charge in [0.1, 0.15) is 23.9 Å². The quantitative estimate of drug-likeness (QED) is 0.632. The van der Waals surface area contributed by atoms with Crippen molar-refractivity contribution in [2.75, 3.05) is 19.8 Å². The van der Waals surface area contributed by atoms with Gasteiger partial charge in [-0.3, -0.25) is 0 Å². The van der Waals surface area contributed by atoms with Crippen LogP contribution in [0.5, 0.6) is 17.2 Å². The van der Waals surface area contributed by atoms with E-state index < -0.39 is 0 Å². The minimum absolute atomic E-state index is 0.175. The highest BCUT2D eigenvalue weighted by Gasteiger charge is 2.31. The van der Waals surface area contributed by atoms with Gasteiger partial charge in [-0.25, -0.2) is 4.79 Å². The summed E-state index contributed by atoms with van der Waals surface area (Å²) >= 11 is 0. The van der Waals surface area contributed by atoms with E-state index >= 15 is 0 Å². The maximum absolute atomic E-state index is 12.2. The lowest BCUT2D eigenvalue weighted by atomic mass is 10.0. The molecule has 2 atom stereocenters. The van der Waals surface area contributed by atoms with E-state index in [9.17, 15) is 9.90 Å². The number of benzene rings is 2. The number of likely N-dealkylation sites (tertiary alicyclic amines) is 1. The van der Waals surface area contributed by atoms with Gasteiger partial charge in [0.15, 0.2) is 11.5 Å². The van der Waals surface area contributed by atoms with Gasteiger partial charge in [-0.2, -0.15) is 0 Å². The van der Waals surface area contributed by atoms with E-state index in [0.29, 0.717) is 24.8 Å². The number of phenols is 1. The van der Waals surface area contributed by atoms with Crippen LogP contribution in [0.1, 0.15) is 48.9 Å². The highest BCUT2D eigenvalue weighted by atomic mass is 16.5. The zero-order valence-corrected chi connectivity index (χ0v) is 17.8. The zero-order chi connectivity index (χ0) is 21.4. The summed E-state index contributed by atoms with van der Waals surface area (Å²) in [6.07, 6.45) is 3.84. The molecule has 6 heteroatoms. The monoisotopic (exact) mass is 422 g/mol. The van der Waals surface area contributed by atoms with Gasteiger partial charge in [-0.05, 0) is 36.2 Å². The van der Waals surface area contributed by atoms with Crippen LogP contribution in [0.25, 0.3) is 11.0 Å². The predicted octanol–water partition coefficient (Wildman–Crippen LogP) is 3.14. The Kier molecular flexibility index (Phi) is 5.32. The molecule has 0 saturated carbocycles. The first kappa shape index (κ1) is 19.9. The van der Waals surface area contributed by atoms with Crippen LogP contribution in [0.15, 0.2) is 45.6 Å². The smallest absolute Gasteiger partial charge is 0.336 e. The first-order chi connectivity index (χ1) is 15.1. The number of rotatable bonds is 4. The summed E-state index contributed by atoms with van der Waals surface area (Å²) in [5, 5.41) is 11.1. The second-order valence-corrected chi connectivity index (χ2v) is 8.46. The van der Waals surface area contributed by atoms with Gasteiger partial charge in [-0.1, -0.05) is 6.92 Å². The fourth-order valence-electron chi connectivity index (χ4n) is 4.90. The third-order valence-electron chi connectivity index (χ3n) is 6.49. The van der Waals surface area contributed by atoms with Crippen molar-refractivity contribution < 1.29 is 23.9 Å². The van der Waals surface area contributed by atoms with Crippen LogP contribution in [0.3, 0.4) is 0 Å². The minimum Gasteiger partial charge on any atom is -0.508 e. The summed E-state index contributed by atoms with van der Waals surface area (Å²) in [6, 6.07) is 11.8. The molecule has 1 fully saturated rings. The lowest BCUT2D eigenvalue weighted by Gasteiger charge is -2.23. The number of quaternary nitrogens is 1. The topological polar surface area (TPSA) is 73.3 Å². The fourth-order valence-corrected chi connectivity index (χ4v) is 4.90. The molecule has 0 bridgehead atoms. The van der Waals surface area contributed by atoms with Crippen LogP contribution in [0.2, 0.25) is 0 Å². The largest absolute Gasteiger partial charge is 0.508 e. The van der Waals surface area contributed by atoms with Crippen molar-refractivity contribution in [3.8, 4) is 17.2 Å². The number of nitrogens with one attached hydrogen (secondary N) is 1. The lowest BCUT2D eigenvalue weighted by Crippen LogP contribution is -3.08. The summed E-state index contributed by atoms with van der Waals surface area (Å²) in [7, 11) is 0. The predicted molar refractivity (Wildman–Crippen MR) is 117 cm³/mol. The van der Waals surface area contributed by atoms with E-state index in [-0.39, 0.29) is 11.4 Å². The van der Waals surface area contributed by atoms with Crippen molar-refractivity contribution in [2.24, 2.45) is 0 Å². The maximum Gasteiger partial charge on any atom is 0.336 e. The molecule has 3 aromatic rings. The molecule has 0 amide bonds. The molecule has 31 heavy (non-hydrogen) atoms. The van der Waals surface area contributed by atoms with E-state index in [2.05, 4.69) is 12.1 Å². The Morgan fingerprint density at radius 2 is 1.87 bits per heavy atom. The average Bonchev–Trinajstić information content (AvgIpc) is 3.08. The number of hydrogen-bond donors (Lipinski definition) is 2. The van der Waals surface area contributed by atoms with E-state index in [4.69, 9.17) is 13.9 Å². The number of hydrogen-bond acceptors (Lipinski definition) is 5. The molecule has 2 aromatic carbocycles.